The van der Waals surface area contributed by atoms with Crippen molar-refractivity contribution in [2.75, 3.05) is 7.11 Å². The fourth-order valence-electron chi connectivity index (χ4n) is 1.08. The van der Waals surface area contributed by atoms with E-state index in [2.05, 4.69) is 41.6 Å². The van der Waals surface area contributed by atoms with Crippen LogP contribution in [0.15, 0.2) is 10.7 Å². The Morgan fingerprint density at radius 1 is 1.62 bits per heavy atom. The molecule has 0 aromatic carbocycles. The van der Waals surface area contributed by atoms with Crippen LogP contribution in [0.3, 0.4) is 0 Å². The van der Waals surface area contributed by atoms with Crippen LogP contribution in [0, 0.1) is 0 Å². The minimum Gasteiger partial charge on any atom is -0.464 e. The van der Waals surface area contributed by atoms with Crippen LogP contribution in [0.5, 0.6) is 0 Å². The summed E-state index contributed by atoms with van der Waals surface area (Å²) in [7, 11) is 1.21. The SMILES string of the molecule is COC(=O)c1nc(Br)c(C(F)F)cc1CBr. The molecule has 0 saturated heterocycles. The first-order valence-electron chi connectivity index (χ1n) is 4.13. The summed E-state index contributed by atoms with van der Waals surface area (Å²) in [6, 6.07) is 1.22. The van der Waals surface area contributed by atoms with Crippen molar-refractivity contribution in [1.29, 1.82) is 0 Å². The molecule has 0 saturated carbocycles. The summed E-state index contributed by atoms with van der Waals surface area (Å²) in [4.78, 5) is 15.1. The van der Waals surface area contributed by atoms with Crippen molar-refractivity contribution < 1.29 is 18.3 Å². The van der Waals surface area contributed by atoms with Crippen molar-refractivity contribution in [3.63, 3.8) is 0 Å². The molecule has 0 N–H and O–H groups in total. The maximum Gasteiger partial charge on any atom is 0.357 e. The van der Waals surface area contributed by atoms with Crippen molar-refractivity contribution in [2.45, 2.75) is 11.8 Å². The average Bonchev–Trinajstić information content (AvgIpc) is 2.27. The van der Waals surface area contributed by atoms with E-state index in [1.165, 1.54) is 13.2 Å². The third kappa shape index (κ3) is 2.76. The standard InChI is InChI=1S/C9H7Br2F2NO2/c1-16-9(15)6-4(3-10)2-5(8(12)13)7(11)14-6/h2,8H,3H2,1H3. The molecule has 0 atom stereocenters. The van der Waals surface area contributed by atoms with Crippen molar-refractivity contribution in [1.82, 2.24) is 4.98 Å². The number of esters is 1. The molecule has 0 aliphatic rings. The Hall–Kier alpha value is -0.560. The zero-order chi connectivity index (χ0) is 12.3. The molecular formula is C9H7Br2F2NO2. The number of carbonyl (C=O) groups excluding carboxylic acids is 1. The van der Waals surface area contributed by atoms with E-state index in [1.807, 2.05) is 0 Å². The van der Waals surface area contributed by atoms with Gasteiger partial charge < -0.3 is 4.74 Å². The number of pyridine rings is 1. The topological polar surface area (TPSA) is 39.2 Å². The fraction of sp³-hybridized carbons (Fsp3) is 0.333. The smallest absolute Gasteiger partial charge is 0.357 e. The van der Waals surface area contributed by atoms with E-state index in [0.29, 0.717) is 5.56 Å². The molecule has 0 fully saturated rings. The highest BCUT2D eigenvalue weighted by molar-refractivity contribution is 9.10. The molecule has 0 amide bonds. The molecule has 1 rings (SSSR count). The number of ether oxygens (including phenoxy) is 1. The molecule has 0 radical (unpaired) electrons. The lowest BCUT2D eigenvalue weighted by Gasteiger charge is -2.09. The number of carbonyl (C=O) groups is 1. The minimum absolute atomic E-state index is 0.0238. The molecule has 0 bridgehead atoms. The summed E-state index contributed by atoms with van der Waals surface area (Å²) >= 11 is 6.00. The van der Waals surface area contributed by atoms with Gasteiger partial charge in [-0.1, -0.05) is 15.9 Å². The highest BCUT2D eigenvalue weighted by atomic mass is 79.9. The average molecular weight is 359 g/mol. The summed E-state index contributed by atoms with van der Waals surface area (Å²) in [5, 5.41) is 0.247. The van der Waals surface area contributed by atoms with Gasteiger partial charge in [0, 0.05) is 5.33 Å². The van der Waals surface area contributed by atoms with Crippen LogP contribution >= 0.6 is 31.9 Å². The second-order valence-corrected chi connectivity index (χ2v) is 4.11. The lowest BCUT2D eigenvalue weighted by Crippen LogP contribution is -2.09. The van der Waals surface area contributed by atoms with Gasteiger partial charge in [0.1, 0.15) is 4.60 Å². The molecule has 0 spiro atoms. The van der Waals surface area contributed by atoms with Gasteiger partial charge in [0.05, 0.1) is 12.7 Å². The van der Waals surface area contributed by atoms with Crippen LogP contribution in [0.4, 0.5) is 8.78 Å². The number of methoxy groups -OCH3 is 1. The summed E-state index contributed by atoms with van der Waals surface area (Å²) in [6.45, 7) is 0. The Bertz CT molecular complexity index is 413. The van der Waals surface area contributed by atoms with Crippen LogP contribution in [0.1, 0.15) is 28.0 Å². The number of hydrogen-bond donors (Lipinski definition) is 0. The van der Waals surface area contributed by atoms with E-state index < -0.39 is 12.4 Å². The van der Waals surface area contributed by atoms with Gasteiger partial charge in [-0.15, -0.1) is 0 Å². The second kappa shape index (κ2) is 5.67. The van der Waals surface area contributed by atoms with Gasteiger partial charge >= 0.3 is 5.97 Å². The van der Waals surface area contributed by atoms with Crippen LogP contribution in [0.25, 0.3) is 0 Å². The quantitative estimate of drug-likeness (QED) is 0.472. The molecule has 0 aliphatic carbocycles. The maximum atomic E-state index is 12.6. The van der Waals surface area contributed by atoms with E-state index in [9.17, 15) is 13.6 Å². The summed E-state index contributed by atoms with van der Waals surface area (Å²) < 4.78 is 29.6. The van der Waals surface area contributed by atoms with Crippen molar-refractivity contribution >= 4 is 37.8 Å². The van der Waals surface area contributed by atoms with Crippen LogP contribution in [0.2, 0.25) is 0 Å². The summed E-state index contributed by atoms with van der Waals surface area (Å²) in [5.74, 6) is -0.657. The number of halogens is 4. The van der Waals surface area contributed by atoms with Gasteiger partial charge in [-0.25, -0.2) is 18.6 Å². The van der Waals surface area contributed by atoms with E-state index in [1.54, 1.807) is 0 Å². The Kier molecular flexibility index (Phi) is 4.79. The van der Waals surface area contributed by atoms with Gasteiger partial charge in [0.25, 0.3) is 6.43 Å². The fourth-order valence-corrected chi connectivity index (χ4v) is 1.97. The van der Waals surface area contributed by atoms with Crippen molar-refractivity contribution in [3.05, 3.63) is 27.5 Å². The largest absolute Gasteiger partial charge is 0.464 e. The van der Waals surface area contributed by atoms with Gasteiger partial charge in [-0.2, -0.15) is 0 Å². The Balaban J connectivity index is 3.32. The molecule has 7 heteroatoms. The van der Waals surface area contributed by atoms with Crippen LogP contribution in [-0.2, 0) is 10.1 Å². The maximum absolute atomic E-state index is 12.6. The van der Waals surface area contributed by atoms with Gasteiger partial charge in [0.2, 0.25) is 0 Å². The van der Waals surface area contributed by atoms with Crippen LogP contribution < -0.4 is 0 Å². The van der Waals surface area contributed by atoms with E-state index in [0.717, 1.165) is 0 Å². The first-order chi connectivity index (χ1) is 7.51. The third-order valence-electron chi connectivity index (χ3n) is 1.84. The minimum atomic E-state index is -2.65. The highest BCUT2D eigenvalue weighted by Crippen LogP contribution is 2.28. The number of aromatic nitrogens is 1. The number of nitrogens with zero attached hydrogens (tertiary/aromatic N) is 1. The third-order valence-corrected chi connectivity index (χ3v) is 3.08. The number of alkyl halides is 3. The zero-order valence-electron chi connectivity index (χ0n) is 8.14. The van der Waals surface area contributed by atoms with Crippen LogP contribution in [-0.4, -0.2) is 18.1 Å². The molecule has 1 aromatic heterocycles. The van der Waals surface area contributed by atoms with E-state index in [4.69, 9.17) is 0 Å². The normalized spacial score (nSPS) is 10.6. The predicted octanol–water partition coefficient (Wildman–Crippen LogP) is 3.46. The molecular weight excluding hydrogens is 352 g/mol. The van der Waals surface area contributed by atoms with Crippen molar-refractivity contribution in [3.8, 4) is 0 Å². The first kappa shape index (κ1) is 13.5. The monoisotopic (exact) mass is 357 g/mol. The first-order valence-corrected chi connectivity index (χ1v) is 6.04. The Morgan fingerprint density at radius 3 is 2.69 bits per heavy atom. The molecule has 0 aliphatic heterocycles. The predicted molar refractivity (Wildman–Crippen MR) is 60.9 cm³/mol. The highest BCUT2D eigenvalue weighted by Gasteiger charge is 2.20. The van der Waals surface area contributed by atoms with Gasteiger partial charge in [0.15, 0.2) is 5.69 Å². The van der Waals surface area contributed by atoms with E-state index >= 15 is 0 Å². The van der Waals surface area contributed by atoms with E-state index in [-0.39, 0.29) is 21.2 Å². The molecule has 0 unspecified atom stereocenters. The van der Waals surface area contributed by atoms with Gasteiger partial charge in [-0.3, -0.25) is 0 Å². The van der Waals surface area contributed by atoms with Crippen molar-refractivity contribution in [2.24, 2.45) is 0 Å². The lowest BCUT2D eigenvalue weighted by atomic mass is 10.1. The number of rotatable bonds is 3. The molecule has 88 valence electrons. The Labute approximate surface area is 107 Å². The Morgan fingerprint density at radius 2 is 2.25 bits per heavy atom. The molecule has 3 nitrogen and oxygen atoms in total. The summed E-state index contributed by atoms with van der Waals surface area (Å²) in [5.41, 5.74) is 0.142. The summed E-state index contributed by atoms with van der Waals surface area (Å²) in [6.07, 6.45) is -2.65. The van der Waals surface area contributed by atoms with Gasteiger partial charge in [-0.05, 0) is 27.6 Å². The molecule has 16 heavy (non-hydrogen) atoms. The second-order valence-electron chi connectivity index (χ2n) is 2.80. The molecule has 1 heterocycles. The zero-order valence-corrected chi connectivity index (χ0v) is 11.3. The lowest BCUT2D eigenvalue weighted by molar-refractivity contribution is 0.0592. The molecule has 1 aromatic rings. The number of hydrogen-bond acceptors (Lipinski definition) is 3.